The van der Waals surface area contributed by atoms with Crippen molar-refractivity contribution in [3.05, 3.63) is 23.3 Å². The summed E-state index contributed by atoms with van der Waals surface area (Å²) in [6.07, 6.45) is 7.26. The van der Waals surface area contributed by atoms with Gasteiger partial charge in [-0.05, 0) is 94.1 Å². The van der Waals surface area contributed by atoms with Crippen LogP contribution in [0.15, 0.2) is 23.3 Å². The molecule has 1 saturated carbocycles. The quantitative estimate of drug-likeness (QED) is 0.145. The van der Waals surface area contributed by atoms with Gasteiger partial charge in [-0.15, -0.1) is 0 Å². The predicted molar refractivity (Wildman–Crippen MR) is 174 cm³/mol. The summed E-state index contributed by atoms with van der Waals surface area (Å²) in [7, 11) is 4.99. The smallest absolute Gasteiger partial charge is 0.165 e. The van der Waals surface area contributed by atoms with Gasteiger partial charge in [-0.2, -0.15) is 0 Å². The third-order valence-electron chi connectivity index (χ3n) is 10.4. The van der Waals surface area contributed by atoms with Crippen LogP contribution >= 0.6 is 0 Å². The maximum atomic E-state index is 13.1. The zero-order chi connectivity index (χ0) is 33.4. The topological polar surface area (TPSA) is 115 Å². The molecule has 0 radical (unpaired) electrons. The number of aliphatic hydroxyl groups excluding tert-OH is 2. The summed E-state index contributed by atoms with van der Waals surface area (Å²) in [4.78, 5) is 13.1. The summed E-state index contributed by atoms with van der Waals surface area (Å²) in [5.74, 6) is -0.387. The molecule has 0 spiro atoms. The van der Waals surface area contributed by atoms with E-state index in [-0.39, 0.29) is 66.2 Å². The predicted octanol–water partition coefficient (Wildman–Crippen LogP) is 5.86. The lowest BCUT2D eigenvalue weighted by molar-refractivity contribution is -0.304. The maximum Gasteiger partial charge on any atom is 0.165 e. The fourth-order valence-electron chi connectivity index (χ4n) is 7.54. The van der Waals surface area contributed by atoms with Gasteiger partial charge in [0, 0.05) is 39.6 Å². The lowest BCUT2D eigenvalue weighted by atomic mass is 9.80. The molecule has 1 heterocycles. The molecule has 0 amide bonds. The number of carbonyl (C=O) groups is 1. The molecule has 8 nitrogen and oxygen atoms in total. The van der Waals surface area contributed by atoms with Crippen LogP contribution in [-0.2, 0) is 23.7 Å². The van der Waals surface area contributed by atoms with Gasteiger partial charge in [0.05, 0.1) is 36.6 Å². The number of aliphatic hydroxyl groups is 3. The number of hydrogen-bond acceptors (Lipinski definition) is 8. The van der Waals surface area contributed by atoms with Crippen molar-refractivity contribution in [2.45, 2.75) is 143 Å². The van der Waals surface area contributed by atoms with Crippen LogP contribution in [0.1, 0.15) is 100 Å². The summed E-state index contributed by atoms with van der Waals surface area (Å²) in [5.41, 5.74) is 1.71. The SMILES string of the molecule is COC1CC(C=C(C)C(OC)C(C)C(O)CC(=O)C(C)=CC(C)CC(C)CC(C)C2OC(C)(O)C(C)CC2OC)CCC1O. The fourth-order valence-corrected chi connectivity index (χ4v) is 7.54. The van der Waals surface area contributed by atoms with E-state index in [1.165, 1.54) is 0 Å². The normalized spacial score (nSPS) is 34.6. The molecule has 0 aromatic rings. The first-order valence-corrected chi connectivity index (χ1v) is 16.8. The summed E-state index contributed by atoms with van der Waals surface area (Å²) < 4.78 is 23.1. The van der Waals surface area contributed by atoms with Crippen LogP contribution in [0.4, 0.5) is 0 Å². The number of ketones is 1. The number of methoxy groups -OCH3 is 3. The molecular weight excluding hydrogens is 560 g/mol. The van der Waals surface area contributed by atoms with Crippen molar-refractivity contribution >= 4 is 5.78 Å². The highest BCUT2D eigenvalue weighted by molar-refractivity contribution is 5.95. The van der Waals surface area contributed by atoms with Gasteiger partial charge in [0.1, 0.15) is 0 Å². The van der Waals surface area contributed by atoms with E-state index in [0.29, 0.717) is 17.9 Å². The lowest BCUT2D eigenvalue weighted by Gasteiger charge is -2.46. The zero-order valence-corrected chi connectivity index (χ0v) is 29.4. The van der Waals surface area contributed by atoms with Crippen LogP contribution < -0.4 is 0 Å². The van der Waals surface area contributed by atoms with Gasteiger partial charge < -0.3 is 34.3 Å². The first-order valence-electron chi connectivity index (χ1n) is 16.8. The molecule has 0 aromatic carbocycles. The van der Waals surface area contributed by atoms with Gasteiger partial charge in [-0.1, -0.05) is 46.8 Å². The Morgan fingerprint density at radius 1 is 1.02 bits per heavy atom. The Labute approximate surface area is 267 Å². The first kappa shape index (κ1) is 39.1. The molecule has 13 atom stereocenters. The van der Waals surface area contributed by atoms with Crippen molar-refractivity contribution in [3.63, 3.8) is 0 Å². The first-order chi connectivity index (χ1) is 20.5. The average Bonchev–Trinajstić information content (AvgIpc) is 2.94. The number of carbonyl (C=O) groups excluding carboxylic acids is 1. The number of rotatable bonds is 16. The van der Waals surface area contributed by atoms with E-state index < -0.39 is 18.0 Å². The van der Waals surface area contributed by atoms with E-state index in [0.717, 1.165) is 37.7 Å². The molecule has 44 heavy (non-hydrogen) atoms. The van der Waals surface area contributed by atoms with Crippen molar-refractivity contribution in [1.29, 1.82) is 0 Å². The second-order valence-corrected chi connectivity index (χ2v) is 14.5. The van der Waals surface area contributed by atoms with Crippen LogP contribution in [0.3, 0.4) is 0 Å². The Morgan fingerprint density at radius 3 is 2.25 bits per heavy atom. The maximum absolute atomic E-state index is 13.1. The summed E-state index contributed by atoms with van der Waals surface area (Å²) in [5, 5.41) is 31.9. The minimum Gasteiger partial charge on any atom is -0.392 e. The summed E-state index contributed by atoms with van der Waals surface area (Å²) in [6.45, 7) is 16.0. The van der Waals surface area contributed by atoms with Crippen LogP contribution in [0, 0.1) is 35.5 Å². The van der Waals surface area contributed by atoms with Gasteiger partial charge in [0.2, 0.25) is 0 Å². The second-order valence-electron chi connectivity index (χ2n) is 14.5. The molecule has 13 unspecified atom stereocenters. The van der Waals surface area contributed by atoms with Crippen LogP contribution in [-0.4, -0.2) is 84.8 Å². The van der Waals surface area contributed by atoms with Crippen LogP contribution in [0.5, 0.6) is 0 Å². The minimum absolute atomic E-state index is 0.00276. The third-order valence-corrected chi connectivity index (χ3v) is 10.4. The van der Waals surface area contributed by atoms with E-state index in [1.54, 1.807) is 28.3 Å². The third kappa shape index (κ3) is 11.0. The number of allylic oxidation sites excluding steroid dienone is 3. The van der Waals surface area contributed by atoms with Crippen LogP contribution in [0.25, 0.3) is 0 Å². The van der Waals surface area contributed by atoms with Gasteiger partial charge in [0.25, 0.3) is 0 Å². The molecule has 1 saturated heterocycles. The van der Waals surface area contributed by atoms with E-state index in [4.69, 9.17) is 18.9 Å². The largest absolute Gasteiger partial charge is 0.392 e. The molecule has 3 N–H and O–H groups in total. The molecule has 256 valence electrons. The van der Waals surface area contributed by atoms with Crippen LogP contribution in [0.2, 0.25) is 0 Å². The van der Waals surface area contributed by atoms with Crippen molar-refractivity contribution in [3.8, 4) is 0 Å². The number of ether oxygens (including phenoxy) is 4. The van der Waals surface area contributed by atoms with Gasteiger partial charge >= 0.3 is 0 Å². The highest BCUT2D eigenvalue weighted by atomic mass is 16.6. The highest BCUT2D eigenvalue weighted by Gasteiger charge is 2.44. The lowest BCUT2D eigenvalue weighted by Crippen LogP contribution is -2.53. The molecule has 2 aliphatic rings. The summed E-state index contributed by atoms with van der Waals surface area (Å²) >= 11 is 0. The van der Waals surface area contributed by atoms with Crippen molar-refractivity contribution in [1.82, 2.24) is 0 Å². The van der Waals surface area contributed by atoms with Crippen molar-refractivity contribution < 1.29 is 39.1 Å². The Hall–Kier alpha value is -1.13. The zero-order valence-electron chi connectivity index (χ0n) is 29.4. The monoisotopic (exact) mass is 624 g/mol. The van der Waals surface area contributed by atoms with Gasteiger partial charge in [-0.3, -0.25) is 4.79 Å². The number of Topliss-reactive ketones (excluding diaryl/α,β-unsaturated/α-hetero) is 1. The molecule has 1 aliphatic heterocycles. The van der Waals surface area contributed by atoms with E-state index in [9.17, 15) is 20.1 Å². The fraction of sp³-hybridized carbons (Fsp3) is 0.861. The summed E-state index contributed by atoms with van der Waals surface area (Å²) in [6, 6.07) is 0. The Morgan fingerprint density at radius 2 is 1.66 bits per heavy atom. The second kappa shape index (κ2) is 17.7. The number of hydrogen-bond donors (Lipinski definition) is 3. The Balaban J connectivity index is 1.92. The van der Waals surface area contributed by atoms with Gasteiger partial charge in [-0.25, -0.2) is 0 Å². The minimum atomic E-state index is -1.15. The van der Waals surface area contributed by atoms with Crippen molar-refractivity contribution in [2.75, 3.05) is 21.3 Å². The molecule has 2 fully saturated rings. The molecule has 0 bridgehead atoms. The van der Waals surface area contributed by atoms with E-state index in [1.807, 2.05) is 33.8 Å². The highest BCUT2D eigenvalue weighted by Crippen LogP contribution is 2.38. The van der Waals surface area contributed by atoms with Crippen molar-refractivity contribution in [2.24, 2.45) is 35.5 Å². The molecular formula is C36H64O8. The average molecular weight is 625 g/mol. The van der Waals surface area contributed by atoms with E-state index >= 15 is 0 Å². The Bertz CT molecular complexity index is 944. The molecule has 2 rings (SSSR count). The Kier molecular flexibility index (Phi) is 15.7. The molecule has 0 aromatic heterocycles. The van der Waals surface area contributed by atoms with Gasteiger partial charge in [0.15, 0.2) is 11.6 Å². The van der Waals surface area contributed by atoms with E-state index in [2.05, 4.69) is 26.8 Å². The molecule has 1 aliphatic carbocycles. The molecule has 8 heteroatoms. The standard InChI is InChI=1S/C36H64O8/c1-21(14-22(2)16-24(4)35-33(42-10)18-26(6)36(8,40)44-35)15-23(3)30(38)20-31(39)27(7)34(43-11)25(5)17-28-12-13-29(37)32(19-28)41-9/h15,17,21-22,24,26-29,31-35,37,39-40H,12-14,16,18-20H2,1-11H3.